The predicted octanol–water partition coefficient (Wildman–Crippen LogP) is 2.79. The number of sulfone groups is 1. The first-order valence-electron chi connectivity index (χ1n) is 13.1. The first-order chi connectivity index (χ1) is 16.3. The fourth-order valence-corrected chi connectivity index (χ4v) is 9.30. The van der Waals surface area contributed by atoms with Gasteiger partial charge in [-0.3, -0.25) is 4.79 Å². The molecule has 7 rings (SSSR count). The number of carbonyl (C=O) groups is 1. The second-order valence-electron chi connectivity index (χ2n) is 11.7. The van der Waals surface area contributed by atoms with Gasteiger partial charge in [0.2, 0.25) is 5.95 Å². The molecular weight excluding hydrogens is 452 g/mol. The van der Waals surface area contributed by atoms with Gasteiger partial charge in [-0.2, -0.15) is 0 Å². The molecule has 6 fully saturated rings. The summed E-state index contributed by atoms with van der Waals surface area (Å²) in [6.45, 7) is 0. The molecule has 0 radical (unpaired) electrons. The predicted molar refractivity (Wildman–Crippen MR) is 128 cm³/mol. The Kier molecular flexibility index (Phi) is 5.63. The van der Waals surface area contributed by atoms with Crippen LogP contribution in [-0.4, -0.2) is 58.6 Å². The monoisotopic (exact) mass is 488 g/mol. The molecule has 1 aromatic rings. The van der Waals surface area contributed by atoms with Gasteiger partial charge in [0.15, 0.2) is 0 Å². The third-order valence-corrected chi connectivity index (χ3v) is 10.9. The lowest BCUT2D eigenvalue weighted by atomic mass is 9.52. The zero-order valence-corrected chi connectivity index (χ0v) is 20.5. The van der Waals surface area contributed by atoms with E-state index in [2.05, 4.69) is 15.6 Å². The largest absolute Gasteiger partial charge is 0.390 e. The van der Waals surface area contributed by atoms with E-state index in [1.54, 1.807) is 6.20 Å². The van der Waals surface area contributed by atoms with E-state index >= 15 is 0 Å². The molecule has 2 unspecified atom stereocenters. The lowest BCUT2D eigenvalue weighted by molar-refractivity contribution is -0.136. The number of nitrogens with one attached hydrogen (secondary N) is 2. The molecule has 1 aromatic heterocycles. The fraction of sp³-hybridized carbons (Fsp3) is 0.800. The topological polar surface area (TPSA) is 121 Å². The van der Waals surface area contributed by atoms with Crippen molar-refractivity contribution in [3.8, 4) is 0 Å². The average Bonchev–Trinajstić information content (AvgIpc) is 3.31. The Bertz CT molecular complexity index is 1040. The molecule has 2 heterocycles. The summed E-state index contributed by atoms with van der Waals surface area (Å²) >= 11 is 0. The van der Waals surface area contributed by atoms with E-state index in [-0.39, 0.29) is 35.4 Å². The van der Waals surface area contributed by atoms with E-state index in [4.69, 9.17) is 4.98 Å². The zero-order valence-electron chi connectivity index (χ0n) is 19.7. The van der Waals surface area contributed by atoms with Crippen LogP contribution in [0.1, 0.15) is 92.6 Å². The van der Waals surface area contributed by atoms with Crippen LogP contribution in [0.15, 0.2) is 6.20 Å². The number of aromatic nitrogens is 2. The van der Waals surface area contributed by atoms with Crippen molar-refractivity contribution in [1.82, 2.24) is 15.3 Å². The molecule has 1 saturated heterocycles. The van der Waals surface area contributed by atoms with Gasteiger partial charge in [-0.25, -0.2) is 18.4 Å². The molecule has 186 valence electrons. The van der Waals surface area contributed by atoms with Crippen LogP contribution >= 0.6 is 0 Å². The van der Waals surface area contributed by atoms with Crippen LogP contribution in [0.3, 0.4) is 0 Å². The maximum atomic E-state index is 13.5. The van der Waals surface area contributed by atoms with Crippen molar-refractivity contribution in [3.63, 3.8) is 0 Å². The summed E-state index contributed by atoms with van der Waals surface area (Å²) in [4.78, 5) is 22.8. The van der Waals surface area contributed by atoms with Crippen molar-refractivity contribution in [1.29, 1.82) is 0 Å². The molecule has 34 heavy (non-hydrogen) atoms. The van der Waals surface area contributed by atoms with Crippen molar-refractivity contribution in [2.75, 3.05) is 16.8 Å². The minimum Gasteiger partial charge on any atom is -0.390 e. The standard InChI is InChI=1S/C25H36N4O4S/c30-23(28-21-17-9-15-10-18(21)13-25(31,11-15)12-17)20-14-26-24(29-22(20)16-3-1-2-4-16)27-19-5-7-34(32,33)8-6-19/h14-19,21,31H,1-13H2,(H,28,30)(H,26,27,29)/t15?,17?,18?,21-,25+. The summed E-state index contributed by atoms with van der Waals surface area (Å²) in [5, 5.41) is 17.6. The van der Waals surface area contributed by atoms with Gasteiger partial charge in [-0.05, 0) is 75.5 Å². The highest BCUT2D eigenvalue weighted by atomic mass is 32.2. The van der Waals surface area contributed by atoms with E-state index in [0.29, 0.717) is 42.1 Å². The Balaban J connectivity index is 1.20. The molecule has 5 saturated carbocycles. The molecule has 1 aliphatic heterocycles. The van der Waals surface area contributed by atoms with Crippen molar-refractivity contribution in [3.05, 3.63) is 17.5 Å². The lowest BCUT2D eigenvalue weighted by Gasteiger charge is -2.58. The van der Waals surface area contributed by atoms with E-state index < -0.39 is 15.4 Å². The van der Waals surface area contributed by atoms with Crippen LogP contribution in [-0.2, 0) is 9.84 Å². The Morgan fingerprint density at radius 2 is 1.71 bits per heavy atom. The van der Waals surface area contributed by atoms with Crippen LogP contribution in [0.5, 0.6) is 0 Å². The van der Waals surface area contributed by atoms with Crippen molar-refractivity contribution < 1.29 is 18.3 Å². The number of amides is 1. The van der Waals surface area contributed by atoms with Crippen LogP contribution in [0.4, 0.5) is 5.95 Å². The van der Waals surface area contributed by atoms with Crippen molar-refractivity contribution in [2.24, 2.45) is 17.8 Å². The number of anilines is 1. The summed E-state index contributed by atoms with van der Waals surface area (Å²) in [7, 11) is -2.92. The highest BCUT2D eigenvalue weighted by Crippen LogP contribution is 2.55. The van der Waals surface area contributed by atoms with Crippen LogP contribution in [0.25, 0.3) is 0 Å². The van der Waals surface area contributed by atoms with Gasteiger partial charge < -0.3 is 15.7 Å². The fourth-order valence-electron chi connectivity index (χ4n) is 7.81. The smallest absolute Gasteiger partial charge is 0.254 e. The maximum absolute atomic E-state index is 13.5. The van der Waals surface area contributed by atoms with Gasteiger partial charge in [0.25, 0.3) is 5.91 Å². The number of nitrogens with zero attached hydrogens (tertiary/aromatic N) is 2. The van der Waals surface area contributed by atoms with Gasteiger partial charge in [0, 0.05) is 24.2 Å². The second-order valence-corrected chi connectivity index (χ2v) is 14.0. The maximum Gasteiger partial charge on any atom is 0.254 e. The normalized spacial score (nSPS) is 37.1. The number of carbonyl (C=O) groups excluding carboxylic acids is 1. The summed E-state index contributed by atoms with van der Waals surface area (Å²) in [6, 6.07) is 0.168. The molecule has 2 atom stereocenters. The van der Waals surface area contributed by atoms with Gasteiger partial charge in [0.1, 0.15) is 9.84 Å². The first-order valence-corrected chi connectivity index (χ1v) is 15.0. The quantitative estimate of drug-likeness (QED) is 0.583. The van der Waals surface area contributed by atoms with Crippen LogP contribution in [0.2, 0.25) is 0 Å². The summed E-state index contributed by atoms with van der Waals surface area (Å²) in [5.41, 5.74) is 0.899. The van der Waals surface area contributed by atoms with Gasteiger partial charge >= 0.3 is 0 Å². The third-order valence-electron chi connectivity index (χ3n) is 9.23. The Hall–Kier alpha value is -1.74. The SMILES string of the molecule is O=C(N[C@H]1C2CC3CC1C[C@@](O)(C3)C2)c1cnc(NC2CCS(=O)(=O)CC2)nc1C1CCCC1. The van der Waals surface area contributed by atoms with Gasteiger partial charge in [-0.15, -0.1) is 0 Å². The highest BCUT2D eigenvalue weighted by molar-refractivity contribution is 7.91. The molecule has 9 heteroatoms. The molecule has 0 aromatic carbocycles. The molecule has 0 spiro atoms. The summed E-state index contributed by atoms with van der Waals surface area (Å²) < 4.78 is 23.5. The van der Waals surface area contributed by atoms with Crippen LogP contribution < -0.4 is 10.6 Å². The minimum absolute atomic E-state index is 0.0403. The summed E-state index contributed by atoms with van der Waals surface area (Å²) in [5.74, 6) is 2.39. The Morgan fingerprint density at radius 1 is 1.03 bits per heavy atom. The second kappa shape index (κ2) is 8.43. The molecule has 6 aliphatic rings. The third kappa shape index (κ3) is 4.34. The first kappa shape index (κ1) is 22.7. The van der Waals surface area contributed by atoms with E-state index in [1.807, 2.05) is 0 Å². The molecule has 5 aliphatic carbocycles. The Labute approximate surface area is 201 Å². The molecule has 3 N–H and O–H groups in total. The molecule has 1 amide bonds. The van der Waals surface area contributed by atoms with Crippen LogP contribution in [0, 0.1) is 17.8 Å². The Morgan fingerprint density at radius 3 is 2.35 bits per heavy atom. The van der Waals surface area contributed by atoms with Gasteiger partial charge in [-0.1, -0.05) is 12.8 Å². The summed E-state index contributed by atoms with van der Waals surface area (Å²) in [6.07, 6.45) is 11.9. The number of aliphatic hydroxyl groups is 1. The molecule has 8 nitrogen and oxygen atoms in total. The number of rotatable bonds is 5. The van der Waals surface area contributed by atoms with Gasteiger partial charge in [0.05, 0.1) is 28.4 Å². The molecular formula is C25H36N4O4S. The average molecular weight is 489 g/mol. The van der Waals surface area contributed by atoms with E-state index in [0.717, 1.165) is 63.5 Å². The number of hydrogen-bond donors (Lipinski definition) is 3. The zero-order chi connectivity index (χ0) is 23.5. The van der Waals surface area contributed by atoms with E-state index in [1.165, 1.54) is 0 Å². The highest BCUT2D eigenvalue weighted by Gasteiger charge is 2.55. The molecule has 4 bridgehead atoms. The lowest BCUT2D eigenvalue weighted by Crippen LogP contribution is -2.61. The van der Waals surface area contributed by atoms with Crippen molar-refractivity contribution in [2.45, 2.75) is 94.2 Å². The van der Waals surface area contributed by atoms with E-state index in [9.17, 15) is 18.3 Å². The number of hydrogen-bond acceptors (Lipinski definition) is 7. The van der Waals surface area contributed by atoms with Crippen molar-refractivity contribution >= 4 is 21.7 Å². The minimum atomic E-state index is -2.92.